The molecular formula is C20H15ClF3N3O2S. The van der Waals surface area contributed by atoms with Gasteiger partial charge in [0.15, 0.2) is 0 Å². The van der Waals surface area contributed by atoms with Crippen molar-refractivity contribution in [3.8, 4) is 10.6 Å². The lowest BCUT2D eigenvalue weighted by atomic mass is 10.2. The Bertz CT molecular complexity index is 1070. The first-order valence-electron chi connectivity index (χ1n) is 8.65. The van der Waals surface area contributed by atoms with Crippen molar-refractivity contribution in [1.82, 2.24) is 10.3 Å². The summed E-state index contributed by atoms with van der Waals surface area (Å²) in [5.41, 5.74) is 1.71. The average molecular weight is 454 g/mol. The molecule has 10 heteroatoms. The molecule has 0 aliphatic rings. The van der Waals surface area contributed by atoms with Crippen LogP contribution in [0.25, 0.3) is 10.6 Å². The van der Waals surface area contributed by atoms with Crippen molar-refractivity contribution in [3.05, 3.63) is 70.2 Å². The topological polar surface area (TPSA) is 71.1 Å². The molecule has 0 radical (unpaired) electrons. The van der Waals surface area contributed by atoms with E-state index >= 15 is 0 Å². The molecule has 1 heterocycles. The molecule has 1 aromatic heterocycles. The van der Waals surface area contributed by atoms with E-state index in [1.807, 2.05) is 12.1 Å². The van der Waals surface area contributed by atoms with Crippen LogP contribution in [0.15, 0.2) is 53.9 Å². The van der Waals surface area contributed by atoms with E-state index in [1.54, 1.807) is 22.8 Å². The van der Waals surface area contributed by atoms with E-state index in [0.29, 0.717) is 16.4 Å². The van der Waals surface area contributed by atoms with Crippen LogP contribution in [0, 0.1) is 0 Å². The molecule has 0 spiro atoms. The van der Waals surface area contributed by atoms with Crippen LogP contribution in [0.5, 0.6) is 0 Å². The van der Waals surface area contributed by atoms with E-state index in [1.165, 1.54) is 35.6 Å². The highest BCUT2D eigenvalue weighted by Gasteiger charge is 2.27. The third-order valence-corrected chi connectivity index (χ3v) is 5.00. The minimum Gasteiger partial charge on any atom is -0.343 e. The molecule has 3 aromatic rings. The predicted octanol–water partition coefficient (Wildman–Crippen LogP) is 4.94. The molecule has 0 saturated heterocycles. The van der Waals surface area contributed by atoms with Gasteiger partial charge >= 0.3 is 6.18 Å². The van der Waals surface area contributed by atoms with Gasteiger partial charge in [0.1, 0.15) is 11.6 Å². The smallest absolute Gasteiger partial charge is 0.343 e. The summed E-state index contributed by atoms with van der Waals surface area (Å²) in [4.78, 5) is 28.6. The first kappa shape index (κ1) is 21.8. The summed E-state index contributed by atoms with van der Waals surface area (Å²) in [5, 5.41) is 7.48. The zero-order valence-electron chi connectivity index (χ0n) is 15.3. The number of carbonyl (C=O) groups excluding carboxylic acids is 2. The number of alkyl halides is 3. The summed E-state index contributed by atoms with van der Waals surface area (Å²) in [6, 6.07) is 12.9. The zero-order chi connectivity index (χ0) is 21.7. The standard InChI is InChI=1S/C20H15ClF3N3O2S/c21-14-5-1-4-13(7-14)19-27-16(10-30-19)9-17(28)26-15-6-2-3-12(8-15)18(29)25-11-20(22,23)24/h1-8,10H,9,11H2,(H,25,29)(H,26,28). The molecule has 0 fully saturated rings. The number of hydrogen-bond donors (Lipinski definition) is 2. The van der Waals surface area contributed by atoms with Gasteiger partial charge in [0.25, 0.3) is 5.91 Å². The van der Waals surface area contributed by atoms with Crippen molar-refractivity contribution in [2.75, 3.05) is 11.9 Å². The maximum Gasteiger partial charge on any atom is 0.405 e. The quantitative estimate of drug-likeness (QED) is 0.555. The van der Waals surface area contributed by atoms with Crippen LogP contribution in [0.2, 0.25) is 5.02 Å². The van der Waals surface area contributed by atoms with Gasteiger partial charge in [-0.1, -0.05) is 29.8 Å². The van der Waals surface area contributed by atoms with E-state index in [4.69, 9.17) is 11.6 Å². The van der Waals surface area contributed by atoms with Crippen molar-refractivity contribution in [2.24, 2.45) is 0 Å². The first-order valence-corrected chi connectivity index (χ1v) is 9.90. The average Bonchev–Trinajstić information content (AvgIpc) is 3.14. The van der Waals surface area contributed by atoms with Crippen molar-refractivity contribution >= 4 is 40.4 Å². The Hall–Kier alpha value is -2.91. The van der Waals surface area contributed by atoms with Gasteiger partial charge < -0.3 is 10.6 Å². The van der Waals surface area contributed by atoms with Gasteiger partial charge in [0.05, 0.1) is 12.1 Å². The Labute approximate surface area is 178 Å². The second-order valence-corrected chi connectivity index (χ2v) is 7.55. The number of nitrogens with zero attached hydrogens (tertiary/aromatic N) is 1. The van der Waals surface area contributed by atoms with Gasteiger partial charge in [-0.2, -0.15) is 13.2 Å². The highest BCUT2D eigenvalue weighted by atomic mass is 35.5. The van der Waals surface area contributed by atoms with Crippen molar-refractivity contribution < 1.29 is 22.8 Å². The third-order valence-electron chi connectivity index (χ3n) is 3.82. The van der Waals surface area contributed by atoms with E-state index in [0.717, 1.165) is 10.6 Å². The zero-order valence-corrected chi connectivity index (χ0v) is 16.9. The van der Waals surface area contributed by atoms with Gasteiger partial charge in [0, 0.05) is 27.2 Å². The number of rotatable bonds is 6. The predicted molar refractivity (Wildman–Crippen MR) is 110 cm³/mol. The van der Waals surface area contributed by atoms with Gasteiger partial charge in [-0.25, -0.2) is 4.98 Å². The van der Waals surface area contributed by atoms with Gasteiger partial charge in [-0.3, -0.25) is 9.59 Å². The summed E-state index contributed by atoms with van der Waals surface area (Å²) in [6.07, 6.45) is -4.50. The minimum atomic E-state index is -4.50. The number of thiazole rings is 1. The minimum absolute atomic E-state index is 0.00155. The highest BCUT2D eigenvalue weighted by Crippen LogP contribution is 2.26. The Morgan fingerprint density at radius 2 is 1.87 bits per heavy atom. The Balaban J connectivity index is 1.61. The molecule has 2 amide bonds. The van der Waals surface area contributed by atoms with E-state index in [9.17, 15) is 22.8 Å². The van der Waals surface area contributed by atoms with Gasteiger partial charge in [-0.05, 0) is 30.3 Å². The molecule has 0 aliphatic heterocycles. The molecule has 5 nitrogen and oxygen atoms in total. The van der Waals surface area contributed by atoms with Crippen LogP contribution in [-0.2, 0) is 11.2 Å². The molecule has 2 aromatic carbocycles. The molecule has 156 valence electrons. The molecule has 0 unspecified atom stereocenters. The number of halogens is 4. The molecule has 0 bridgehead atoms. The molecule has 0 saturated carbocycles. The fourth-order valence-corrected chi connectivity index (χ4v) is 3.54. The normalized spacial score (nSPS) is 11.2. The summed E-state index contributed by atoms with van der Waals surface area (Å²) >= 11 is 7.36. The van der Waals surface area contributed by atoms with Crippen LogP contribution in [0.1, 0.15) is 16.1 Å². The number of amides is 2. The molecule has 30 heavy (non-hydrogen) atoms. The molecule has 3 rings (SSSR count). The van der Waals surface area contributed by atoms with Crippen LogP contribution in [-0.4, -0.2) is 29.5 Å². The molecule has 2 N–H and O–H groups in total. The summed E-state index contributed by atoms with van der Waals surface area (Å²) in [6.45, 7) is -1.43. The third kappa shape index (κ3) is 6.30. The van der Waals surface area contributed by atoms with E-state index in [-0.39, 0.29) is 17.9 Å². The van der Waals surface area contributed by atoms with Crippen molar-refractivity contribution in [2.45, 2.75) is 12.6 Å². The van der Waals surface area contributed by atoms with E-state index in [2.05, 4.69) is 10.3 Å². The number of carbonyl (C=O) groups is 2. The van der Waals surface area contributed by atoms with Crippen molar-refractivity contribution in [3.63, 3.8) is 0 Å². The second-order valence-electron chi connectivity index (χ2n) is 6.26. The Morgan fingerprint density at radius 3 is 2.60 bits per heavy atom. The number of benzene rings is 2. The lowest BCUT2D eigenvalue weighted by molar-refractivity contribution is -0.123. The fourth-order valence-electron chi connectivity index (χ4n) is 2.53. The lowest BCUT2D eigenvalue weighted by Crippen LogP contribution is -2.33. The molecule has 0 atom stereocenters. The number of aromatic nitrogens is 1. The maximum atomic E-state index is 12.3. The summed E-state index contributed by atoms with van der Waals surface area (Å²) < 4.78 is 36.7. The fraction of sp³-hybridized carbons (Fsp3) is 0.150. The highest BCUT2D eigenvalue weighted by molar-refractivity contribution is 7.13. The maximum absolute atomic E-state index is 12.3. The number of anilines is 1. The van der Waals surface area contributed by atoms with E-state index < -0.39 is 18.6 Å². The van der Waals surface area contributed by atoms with Crippen LogP contribution in [0.3, 0.4) is 0 Å². The van der Waals surface area contributed by atoms with Gasteiger partial charge in [0.2, 0.25) is 5.91 Å². The largest absolute Gasteiger partial charge is 0.405 e. The summed E-state index contributed by atoms with van der Waals surface area (Å²) in [7, 11) is 0. The Kier molecular flexibility index (Phi) is 6.73. The summed E-state index contributed by atoms with van der Waals surface area (Å²) in [5.74, 6) is -1.25. The van der Waals surface area contributed by atoms with Crippen molar-refractivity contribution in [1.29, 1.82) is 0 Å². The Morgan fingerprint density at radius 1 is 1.10 bits per heavy atom. The number of nitrogens with one attached hydrogen (secondary N) is 2. The second kappa shape index (κ2) is 9.27. The SMILES string of the molecule is O=C(Cc1csc(-c2cccc(Cl)c2)n1)Nc1cccc(C(=O)NCC(F)(F)F)c1. The van der Waals surface area contributed by atoms with Crippen LogP contribution >= 0.6 is 22.9 Å². The molecule has 0 aliphatic carbocycles. The first-order chi connectivity index (χ1) is 14.2. The van der Waals surface area contributed by atoms with Gasteiger partial charge in [-0.15, -0.1) is 11.3 Å². The lowest BCUT2D eigenvalue weighted by Gasteiger charge is -2.09. The number of hydrogen-bond acceptors (Lipinski definition) is 4. The monoisotopic (exact) mass is 453 g/mol. The molecular weight excluding hydrogens is 439 g/mol. The van der Waals surface area contributed by atoms with Crippen LogP contribution in [0.4, 0.5) is 18.9 Å². The van der Waals surface area contributed by atoms with Crippen LogP contribution < -0.4 is 10.6 Å².